The third kappa shape index (κ3) is 5.31. The molecule has 1 aliphatic heterocycles. The SMILES string of the molecule is CCOc1ccc(NC2=[NH+][C@@H](C(=O)NCc3ccccc3)CC(=O)N2)cc1. The summed E-state index contributed by atoms with van der Waals surface area (Å²) in [5, 5.41) is 8.64. The van der Waals surface area contributed by atoms with Crippen LogP contribution in [0, 0.1) is 0 Å². The molecule has 0 saturated carbocycles. The van der Waals surface area contributed by atoms with Crippen molar-refractivity contribution in [2.24, 2.45) is 0 Å². The highest BCUT2D eigenvalue weighted by molar-refractivity contribution is 6.04. The average Bonchev–Trinajstić information content (AvgIpc) is 2.68. The van der Waals surface area contributed by atoms with Gasteiger partial charge in [0.25, 0.3) is 11.8 Å². The topological polar surface area (TPSA) is 93.4 Å². The summed E-state index contributed by atoms with van der Waals surface area (Å²) in [4.78, 5) is 27.4. The van der Waals surface area contributed by atoms with Crippen LogP contribution < -0.4 is 25.7 Å². The smallest absolute Gasteiger partial charge is 0.356 e. The largest absolute Gasteiger partial charge is 0.494 e. The molecule has 3 rings (SSSR count). The van der Waals surface area contributed by atoms with Gasteiger partial charge >= 0.3 is 5.96 Å². The zero-order valence-corrected chi connectivity index (χ0v) is 15.1. The second-order valence-electron chi connectivity index (χ2n) is 6.11. The van der Waals surface area contributed by atoms with E-state index in [0.717, 1.165) is 17.0 Å². The fraction of sp³-hybridized carbons (Fsp3) is 0.250. The first-order chi connectivity index (χ1) is 13.1. The lowest BCUT2D eigenvalue weighted by atomic mass is 10.1. The number of hydrogen-bond donors (Lipinski definition) is 4. The molecule has 4 N–H and O–H groups in total. The Kier molecular flexibility index (Phi) is 6.04. The Morgan fingerprint density at radius 1 is 1.19 bits per heavy atom. The van der Waals surface area contributed by atoms with E-state index in [1.54, 1.807) is 0 Å². The number of carbonyl (C=O) groups is 2. The molecule has 0 unspecified atom stereocenters. The summed E-state index contributed by atoms with van der Waals surface area (Å²) in [6.07, 6.45) is 0.0785. The molecule has 27 heavy (non-hydrogen) atoms. The molecule has 0 saturated heterocycles. The highest BCUT2D eigenvalue weighted by atomic mass is 16.5. The number of guanidine groups is 1. The van der Waals surface area contributed by atoms with Crippen LogP contribution in [0.25, 0.3) is 0 Å². The summed E-state index contributed by atoms with van der Waals surface area (Å²) < 4.78 is 5.41. The summed E-state index contributed by atoms with van der Waals surface area (Å²) in [5.74, 6) is 0.712. The molecule has 2 amide bonds. The number of anilines is 1. The van der Waals surface area contributed by atoms with Gasteiger partial charge in [-0.3, -0.25) is 14.6 Å². The van der Waals surface area contributed by atoms with Crippen molar-refractivity contribution < 1.29 is 19.3 Å². The Bertz CT molecular complexity index is 819. The van der Waals surface area contributed by atoms with Crippen molar-refractivity contribution in [1.29, 1.82) is 0 Å². The van der Waals surface area contributed by atoms with Crippen LogP contribution in [0.2, 0.25) is 0 Å². The summed E-state index contributed by atoms with van der Waals surface area (Å²) in [6, 6.07) is 16.3. The highest BCUT2D eigenvalue weighted by Crippen LogP contribution is 2.15. The molecule has 0 spiro atoms. The first kappa shape index (κ1) is 18.4. The van der Waals surface area contributed by atoms with Crippen molar-refractivity contribution in [3.8, 4) is 5.75 Å². The van der Waals surface area contributed by atoms with Gasteiger partial charge in [-0.15, -0.1) is 0 Å². The quantitative estimate of drug-likeness (QED) is 0.584. The third-order valence-electron chi connectivity index (χ3n) is 4.03. The molecule has 0 bridgehead atoms. The number of amides is 2. The third-order valence-corrected chi connectivity index (χ3v) is 4.03. The van der Waals surface area contributed by atoms with Gasteiger partial charge in [-0.05, 0) is 36.8 Å². The molecular weight excluding hydrogens is 344 g/mol. The van der Waals surface area contributed by atoms with E-state index in [1.165, 1.54) is 0 Å². The molecule has 1 heterocycles. The van der Waals surface area contributed by atoms with E-state index in [0.29, 0.717) is 19.1 Å². The molecule has 7 heteroatoms. The van der Waals surface area contributed by atoms with E-state index >= 15 is 0 Å². The molecule has 1 aliphatic rings. The van der Waals surface area contributed by atoms with Crippen molar-refractivity contribution >= 4 is 23.5 Å². The van der Waals surface area contributed by atoms with Crippen molar-refractivity contribution in [2.75, 3.05) is 11.9 Å². The van der Waals surface area contributed by atoms with Crippen molar-refractivity contribution in [3.05, 3.63) is 60.2 Å². The minimum atomic E-state index is -0.632. The van der Waals surface area contributed by atoms with E-state index in [2.05, 4.69) is 20.9 Å². The van der Waals surface area contributed by atoms with Gasteiger partial charge in [0.1, 0.15) is 5.75 Å². The minimum absolute atomic E-state index is 0.0785. The second kappa shape index (κ2) is 8.84. The van der Waals surface area contributed by atoms with E-state index in [4.69, 9.17) is 4.74 Å². The number of carbonyl (C=O) groups excluding carboxylic acids is 2. The van der Waals surface area contributed by atoms with Gasteiger partial charge in [0.05, 0.1) is 18.7 Å². The molecule has 1 atom stereocenters. The molecule has 7 nitrogen and oxygen atoms in total. The predicted molar refractivity (Wildman–Crippen MR) is 102 cm³/mol. The van der Waals surface area contributed by atoms with Crippen molar-refractivity contribution in [1.82, 2.24) is 10.6 Å². The lowest BCUT2D eigenvalue weighted by Crippen LogP contribution is -2.89. The lowest BCUT2D eigenvalue weighted by molar-refractivity contribution is -0.491. The molecule has 2 aromatic carbocycles. The van der Waals surface area contributed by atoms with E-state index in [-0.39, 0.29) is 18.2 Å². The van der Waals surface area contributed by atoms with Crippen LogP contribution in [-0.2, 0) is 16.1 Å². The number of rotatable bonds is 6. The van der Waals surface area contributed by atoms with Gasteiger partial charge in [0.2, 0.25) is 0 Å². The second-order valence-corrected chi connectivity index (χ2v) is 6.11. The van der Waals surface area contributed by atoms with Crippen LogP contribution in [0.15, 0.2) is 54.6 Å². The zero-order chi connectivity index (χ0) is 19.1. The first-order valence-electron chi connectivity index (χ1n) is 8.89. The molecule has 0 aromatic heterocycles. The van der Waals surface area contributed by atoms with Crippen molar-refractivity contribution in [2.45, 2.75) is 25.9 Å². The van der Waals surface area contributed by atoms with Gasteiger partial charge < -0.3 is 10.1 Å². The van der Waals surface area contributed by atoms with Crippen LogP contribution in [0.4, 0.5) is 5.69 Å². The van der Waals surface area contributed by atoms with E-state index in [9.17, 15) is 9.59 Å². The normalized spacial score (nSPS) is 16.1. The Labute approximate surface area is 157 Å². The van der Waals surface area contributed by atoms with Crippen LogP contribution in [0.1, 0.15) is 18.9 Å². The molecule has 0 aliphatic carbocycles. The molecular formula is C20H23N4O3+. The van der Waals surface area contributed by atoms with Crippen LogP contribution in [0.3, 0.4) is 0 Å². The Balaban J connectivity index is 1.62. The Hall–Kier alpha value is -3.35. The number of nitrogens with one attached hydrogen (secondary N) is 4. The van der Waals surface area contributed by atoms with Gasteiger partial charge in [-0.1, -0.05) is 30.3 Å². The minimum Gasteiger partial charge on any atom is -0.494 e. The monoisotopic (exact) mass is 367 g/mol. The van der Waals surface area contributed by atoms with Gasteiger partial charge in [0, 0.05) is 6.54 Å². The standard InChI is InChI=1S/C20H22N4O3/c1-2-27-16-10-8-15(9-11-16)22-20-23-17(12-18(25)24-20)19(26)21-13-14-6-4-3-5-7-14/h3-11,17H,2,12-13H2,1H3,(H,21,26)(H2,22,23,24,25)/p+1/t17-/m1/s1. The lowest BCUT2D eigenvalue weighted by Gasteiger charge is -2.17. The molecule has 140 valence electrons. The first-order valence-corrected chi connectivity index (χ1v) is 8.89. The molecule has 0 radical (unpaired) electrons. The van der Waals surface area contributed by atoms with Crippen molar-refractivity contribution in [3.63, 3.8) is 0 Å². The Morgan fingerprint density at radius 2 is 1.93 bits per heavy atom. The Morgan fingerprint density at radius 3 is 2.63 bits per heavy atom. The summed E-state index contributed by atoms with van der Waals surface area (Å²) in [6.45, 7) is 2.94. The van der Waals surface area contributed by atoms with Gasteiger partial charge in [-0.25, -0.2) is 10.6 Å². The fourth-order valence-corrected chi connectivity index (χ4v) is 2.72. The summed E-state index contributed by atoms with van der Waals surface area (Å²) in [7, 11) is 0. The summed E-state index contributed by atoms with van der Waals surface area (Å²) >= 11 is 0. The van der Waals surface area contributed by atoms with Gasteiger partial charge in [-0.2, -0.15) is 0 Å². The molecule has 2 aromatic rings. The maximum absolute atomic E-state index is 12.4. The van der Waals surface area contributed by atoms with Crippen LogP contribution in [-0.4, -0.2) is 30.4 Å². The number of ether oxygens (including phenoxy) is 1. The average molecular weight is 367 g/mol. The predicted octanol–water partition coefficient (Wildman–Crippen LogP) is 0.139. The molecule has 0 fully saturated rings. The maximum Gasteiger partial charge on any atom is 0.356 e. The zero-order valence-electron chi connectivity index (χ0n) is 15.1. The van der Waals surface area contributed by atoms with E-state index < -0.39 is 6.04 Å². The highest BCUT2D eigenvalue weighted by Gasteiger charge is 2.30. The summed E-state index contributed by atoms with van der Waals surface area (Å²) in [5.41, 5.74) is 1.77. The van der Waals surface area contributed by atoms with Crippen LogP contribution in [0.5, 0.6) is 5.75 Å². The van der Waals surface area contributed by atoms with Crippen LogP contribution >= 0.6 is 0 Å². The van der Waals surface area contributed by atoms with E-state index in [1.807, 2.05) is 61.5 Å². The number of hydrogen-bond acceptors (Lipinski definition) is 4. The number of benzene rings is 2. The van der Waals surface area contributed by atoms with Gasteiger partial charge in [0.15, 0.2) is 6.04 Å². The fourth-order valence-electron chi connectivity index (χ4n) is 2.72. The maximum atomic E-state index is 12.4.